The summed E-state index contributed by atoms with van der Waals surface area (Å²) in [6.45, 7) is 0. The molecular weight excluding hydrogens is 408 g/mol. The van der Waals surface area contributed by atoms with Gasteiger partial charge in [-0.25, -0.2) is 0 Å². The van der Waals surface area contributed by atoms with Gasteiger partial charge in [0.15, 0.2) is 0 Å². The number of pyridine rings is 1. The molecule has 0 saturated heterocycles. The molecule has 6 nitrogen and oxygen atoms in total. The smallest absolute Gasteiger partial charge is 0.275 e. The quantitative estimate of drug-likeness (QED) is 0.418. The van der Waals surface area contributed by atoms with Crippen molar-refractivity contribution in [2.45, 2.75) is 12.4 Å². The summed E-state index contributed by atoms with van der Waals surface area (Å²) in [5, 5.41) is 19.0. The van der Waals surface area contributed by atoms with E-state index < -0.39 is 55.9 Å². The van der Waals surface area contributed by atoms with Crippen molar-refractivity contribution in [1.82, 2.24) is 4.57 Å². The number of hydrogen-bond donors (Lipinski definition) is 0. The second-order valence-corrected chi connectivity index (χ2v) is 5.42. The Kier molecular flexibility index (Phi) is 4.94. The van der Waals surface area contributed by atoms with Crippen LogP contribution in [0.3, 0.4) is 0 Å². The molecule has 0 atom stereocenters. The number of nitro groups is 1. The van der Waals surface area contributed by atoms with Crippen molar-refractivity contribution >= 4 is 17.3 Å². The van der Waals surface area contributed by atoms with Gasteiger partial charge in [-0.15, -0.1) is 0 Å². The second kappa shape index (κ2) is 6.58. The summed E-state index contributed by atoms with van der Waals surface area (Å²) in [6.07, 6.45) is -9.94. The Balaban J connectivity index is 2.94. The maximum Gasteiger partial charge on any atom is 0.418 e. The lowest BCUT2D eigenvalue weighted by molar-refractivity contribution is -0.386. The van der Waals surface area contributed by atoms with Crippen molar-refractivity contribution < 1.29 is 31.3 Å². The number of aromatic nitrogens is 1. The van der Waals surface area contributed by atoms with Gasteiger partial charge >= 0.3 is 23.6 Å². The molecule has 13 heteroatoms. The zero-order valence-corrected chi connectivity index (χ0v) is 13.3. The summed E-state index contributed by atoms with van der Waals surface area (Å²) in [7, 11) is 0. The Morgan fingerprint density at radius 3 is 2.07 bits per heavy atom. The van der Waals surface area contributed by atoms with Crippen LogP contribution in [0.5, 0.6) is 0 Å². The first kappa shape index (κ1) is 20.2. The minimum absolute atomic E-state index is 0.0249. The van der Waals surface area contributed by atoms with Crippen LogP contribution in [-0.2, 0) is 12.4 Å². The predicted octanol–water partition coefficient (Wildman–Crippen LogP) is 4.31. The fourth-order valence-corrected chi connectivity index (χ4v) is 2.42. The lowest BCUT2D eigenvalue weighted by Gasteiger charge is -2.15. The molecule has 0 radical (unpaired) electrons. The highest BCUT2D eigenvalue weighted by Crippen LogP contribution is 2.36. The predicted molar refractivity (Wildman–Crippen MR) is 78.4 cm³/mol. The minimum atomic E-state index is -5.12. The van der Waals surface area contributed by atoms with Crippen molar-refractivity contribution in [1.29, 1.82) is 5.26 Å². The molecule has 0 unspecified atom stereocenters. The van der Waals surface area contributed by atoms with E-state index >= 15 is 0 Å². The van der Waals surface area contributed by atoms with Gasteiger partial charge in [0, 0.05) is 12.3 Å². The lowest BCUT2D eigenvalue weighted by Crippen LogP contribution is -2.24. The summed E-state index contributed by atoms with van der Waals surface area (Å²) in [4.78, 5) is 21.7. The molecule has 1 aromatic heterocycles. The number of halogens is 7. The molecule has 0 bridgehead atoms. The van der Waals surface area contributed by atoms with E-state index in [1.807, 2.05) is 0 Å². The van der Waals surface area contributed by atoms with Crippen LogP contribution in [0.2, 0.25) is 5.02 Å². The third kappa shape index (κ3) is 3.87. The summed E-state index contributed by atoms with van der Waals surface area (Å²) in [5.74, 6) is 0. The fraction of sp³-hybridized carbons (Fsp3) is 0.143. The molecule has 0 aliphatic heterocycles. The molecule has 0 saturated carbocycles. The maximum atomic E-state index is 13.0. The molecule has 0 aliphatic carbocycles. The van der Waals surface area contributed by atoms with Gasteiger partial charge in [0.05, 0.1) is 32.3 Å². The van der Waals surface area contributed by atoms with E-state index in [4.69, 9.17) is 16.9 Å². The van der Waals surface area contributed by atoms with Crippen LogP contribution in [0.25, 0.3) is 5.69 Å². The average Bonchev–Trinajstić information content (AvgIpc) is 2.52. The number of nitrogens with zero attached hydrogens (tertiary/aromatic N) is 3. The van der Waals surface area contributed by atoms with E-state index in [-0.39, 0.29) is 29.0 Å². The van der Waals surface area contributed by atoms with Gasteiger partial charge in [-0.1, -0.05) is 11.6 Å². The second-order valence-electron chi connectivity index (χ2n) is 5.01. The van der Waals surface area contributed by atoms with E-state index in [0.717, 1.165) is 0 Å². The van der Waals surface area contributed by atoms with Gasteiger partial charge in [0.2, 0.25) is 0 Å². The number of hydrogen-bond acceptors (Lipinski definition) is 4. The first-order valence-electron chi connectivity index (χ1n) is 6.57. The molecule has 0 aliphatic rings. The molecular formula is C14H4ClF6N3O3. The molecule has 1 heterocycles. The van der Waals surface area contributed by atoms with Gasteiger partial charge in [-0.05, 0) is 12.1 Å². The number of nitriles is 1. The number of alkyl halides is 6. The third-order valence-electron chi connectivity index (χ3n) is 3.27. The van der Waals surface area contributed by atoms with Gasteiger partial charge in [0.1, 0.15) is 6.07 Å². The van der Waals surface area contributed by atoms with Gasteiger partial charge in [-0.3, -0.25) is 19.5 Å². The van der Waals surface area contributed by atoms with Crippen LogP contribution in [0, 0.1) is 21.4 Å². The fourth-order valence-electron chi connectivity index (χ4n) is 2.11. The Labute approximate surface area is 150 Å². The molecule has 27 heavy (non-hydrogen) atoms. The Morgan fingerprint density at radius 1 is 1.07 bits per heavy atom. The van der Waals surface area contributed by atoms with Crippen LogP contribution in [0.1, 0.15) is 16.7 Å². The first-order chi connectivity index (χ1) is 12.3. The zero-order valence-electron chi connectivity index (χ0n) is 12.5. The van der Waals surface area contributed by atoms with Crippen molar-refractivity contribution in [2.24, 2.45) is 0 Å². The SMILES string of the molecule is N#Cc1cc(C(F)(F)F)cc(Cl)c1-n1cc(C(F)(F)F)cc([N+](=O)[O-])c1=O. The van der Waals surface area contributed by atoms with Crippen LogP contribution in [0.15, 0.2) is 29.2 Å². The molecule has 1 aromatic carbocycles. The molecule has 2 rings (SSSR count). The molecule has 0 fully saturated rings. The van der Waals surface area contributed by atoms with E-state index in [2.05, 4.69) is 0 Å². The highest BCUT2D eigenvalue weighted by molar-refractivity contribution is 6.32. The van der Waals surface area contributed by atoms with Crippen molar-refractivity contribution in [3.8, 4) is 11.8 Å². The van der Waals surface area contributed by atoms with Gasteiger partial charge in [-0.2, -0.15) is 31.6 Å². The van der Waals surface area contributed by atoms with E-state index in [1.54, 1.807) is 0 Å². The number of benzene rings is 1. The van der Waals surface area contributed by atoms with E-state index in [0.29, 0.717) is 0 Å². The number of rotatable bonds is 2. The highest BCUT2D eigenvalue weighted by atomic mass is 35.5. The first-order valence-corrected chi connectivity index (χ1v) is 6.94. The van der Waals surface area contributed by atoms with Crippen molar-refractivity contribution in [3.05, 3.63) is 66.6 Å². The molecule has 0 spiro atoms. The minimum Gasteiger partial charge on any atom is -0.275 e. The molecule has 142 valence electrons. The Morgan fingerprint density at radius 2 is 1.63 bits per heavy atom. The maximum absolute atomic E-state index is 13.0. The largest absolute Gasteiger partial charge is 0.418 e. The highest BCUT2D eigenvalue weighted by Gasteiger charge is 2.36. The zero-order chi connectivity index (χ0) is 20.7. The molecule has 0 amide bonds. The summed E-state index contributed by atoms with van der Waals surface area (Å²) in [6, 6.07) is 1.81. The van der Waals surface area contributed by atoms with E-state index in [9.17, 15) is 41.3 Å². The van der Waals surface area contributed by atoms with E-state index in [1.165, 1.54) is 6.07 Å². The molecule has 0 N–H and O–H groups in total. The van der Waals surface area contributed by atoms with Crippen LogP contribution >= 0.6 is 11.6 Å². The Hall–Kier alpha value is -3.07. The topological polar surface area (TPSA) is 88.9 Å². The van der Waals surface area contributed by atoms with Crippen molar-refractivity contribution in [2.75, 3.05) is 0 Å². The van der Waals surface area contributed by atoms with Crippen LogP contribution in [0.4, 0.5) is 32.0 Å². The monoisotopic (exact) mass is 411 g/mol. The third-order valence-corrected chi connectivity index (χ3v) is 3.56. The Bertz CT molecular complexity index is 1040. The van der Waals surface area contributed by atoms with Gasteiger partial charge in [0.25, 0.3) is 0 Å². The summed E-state index contributed by atoms with van der Waals surface area (Å²) in [5.41, 5.74) is -7.86. The normalized spacial score (nSPS) is 11.9. The van der Waals surface area contributed by atoms with Crippen molar-refractivity contribution in [3.63, 3.8) is 0 Å². The van der Waals surface area contributed by atoms with Crippen LogP contribution < -0.4 is 5.56 Å². The summed E-state index contributed by atoms with van der Waals surface area (Å²) < 4.78 is 77.4. The van der Waals surface area contributed by atoms with Crippen LogP contribution in [-0.4, -0.2) is 9.49 Å². The average molecular weight is 412 g/mol. The lowest BCUT2D eigenvalue weighted by atomic mass is 10.1. The summed E-state index contributed by atoms with van der Waals surface area (Å²) >= 11 is 5.66. The standard InChI is InChI=1S/C14H4ClF6N3O3/c15-9-2-7(13(16,17)18)1-6(4-22)11(9)23-5-8(14(19,20)21)3-10(12(23)25)24(26)27/h1-3,5H. The van der Waals surface area contributed by atoms with Gasteiger partial charge < -0.3 is 0 Å². The molecule has 2 aromatic rings.